The third-order valence-corrected chi connectivity index (χ3v) is 5.30. The number of aryl methyl sites for hydroxylation is 1. The van der Waals surface area contributed by atoms with Crippen molar-refractivity contribution in [3.63, 3.8) is 0 Å². The lowest BCUT2D eigenvalue weighted by Gasteiger charge is -2.14. The van der Waals surface area contributed by atoms with Crippen LogP contribution in [-0.4, -0.2) is 46.9 Å². The lowest BCUT2D eigenvalue weighted by Crippen LogP contribution is -2.24. The highest BCUT2D eigenvalue weighted by atomic mass is 79.9. The first kappa shape index (κ1) is 23.8. The summed E-state index contributed by atoms with van der Waals surface area (Å²) in [7, 11) is 3.25. The topological polar surface area (TPSA) is 122 Å². The molecule has 0 saturated heterocycles. The van der Waals surface area contributed by atoms with Gasteiger partial charge in [-0.2, -0.15) is 0 Å². The SMILES string of the molecule is COC.Cc1nnc(-c2ccc(C(N)COc3ncn(CC=O)c(=O)c3Br)cc2)s1. The Morgan fingerprint density at radius 3 is 2.50 bits per heavy atom. The van der Waals surface area contributed by atoms with E-state index in [9.17, 15) is 9.59 Å². The van der Waals surface area contributed by atoms with E-state index in [-0.39, 0.29) is 23.5 Å². The number of ether oxygens (including phenoxy) is 2. The van der Waals surface area contributed by atoms with Crippen molar-refractivity contribution in [1.29, 1.82) is 0 Å². The molecule has 2 heterocycles. The molecule has 160 valence electrons. The molecule has 2 aromatic heterocycles. The normalized spacial score (nSPS) is 11.4. The minimum Gasteiger partial charge on any atom is -0.475 e. The van der Waals surface area contributed by atoms with Gasteiger partial charge in [0.1, 0.15) is 33.7 Å². The first-order valence-electron chi connectivity index (χ1n) is 8.78. The lowest BCUT2D eigenvalue weighted by atomic mass is 10.1. The van der Waals surface area contributed by atoms with Crippen LogP contribution in [0.25, 0.3) is 10.6 Å². The average Bonchev–Trinajstić information content (AvgIpc) is 3.18. The predicted molar refractivity (Wildman–Crippen MR) is 118 cm³/mol. The molecule has 0 aliphatic rings. The van der Waals surface area contributed by atoms with Crippen LogP contribution >= 0.6 is 27.3 Å². The van der Waals surface area contributed by atoms with Crippen LogP contribution < -0.4 is 16.0 Å². The van der Waals surface area contributed by atoms with Crippen LogP contribution in [0.15, 0.2) is 39.9 Å². The van der Waals surface area contributed by atoms with Crippen LogP contribution in [0, 0.1) is 6.92 Å². The fourth-order valence-corrected chi connectivity index (χ4v) is 3.45. The van der Waals surface area contributed by atoms with Gasteiger partial charge in [0.05, 0.1) is 12.6 Å². The standard InChI is InChI=1S/C17H16BrN5O3S.C2H6O/c1-10-21-22-16(27-10)12-4-2-11(3-5-12)13(19)8-26-15-14(18)17(25)23(6-7-24)9-20-15;1-3-2/h2-5,7,9,13H,6,8,19H2,1H3;1-2H3. The lowest BCUT2D eigenvalue weighted by molar-refractivity contribution is -0.108. The molecule has 0 radical (unpaired) electrons. The van der Waals surface area contributed by atoms with Gasteiger partial charge >= 0.3 is 0 Å². The summed E-state index contributed by atoms with van der Waals surface area (Å²) < 4.78 is 11.2. The first-order chi connectivity index (χ1) is 14.4. The molecule has 0 saturated carbocycles. The van der Waals surface area contributed by atoms with Crippen molar-refractivity contribution < 1.29 is 14.3 Å². The number of methoxy groups -OCH3 is 1. The Balaban J connectivity index is 0.00000101. The van der Waals surface area contributed by atoms with Crippen LogP contribution in [0.4, 0.5) is 0 Å². The van der Waals surface area contributed by atoms with E-state index < -0.39 is 11.6 Å². The van der Waals surface area contributed by atoms with E-state index in [0.29, 0.717) is 6.29 Å². The molecular formula is C19H22BrN5O4S. The maximum atomic E-state index is 12.1. The molecule has 0 spiro atoms. The average molecular weight is 496 g/mol. The van der Waals surface area contributed by atoms with Gasteiger partial charge in [-0.05, 0) is 28.4 Å². The van der Waals surface area contributed by atoms with Crippen LogP contribution in [0.3, 0.4) is 0 Å². The zero-order chi connectivity index (χ0) is 22.1. The number of carbonyl (C=O) groups excluding carboxylic acids is 1. The van der Waals surface area contributed by atoms with Crippen molar-refractivity contribution in [3.05, 3.63) is 56.0 Å². The summed E-state index contributed by atoms with van der Waals surface area (Å²) >= 11 is 4.68. The third kappa shape index (κ3) is 6.26. The van der Waals surface area contributed by atoms with Gasteiger partial charge in [0, 0.05) is 19.8 Å². The van der Waals surface area contributed by atoms with E-state index in [4.69, 9.17) is 10.5 Å². The number of aromatic nitrogens is 4. The molecule has 11 heteroatoms. The Morgan fingerprint density at radius 2 is 1.93 bits per heavy atom. The molecule has 30 heavy (non-hydrogen) atoms. The summed E-state index contributed by atoms with van der Waals surface area (Å²) in [5.74, 6) is 0.138. The van der Waals surface area contributed by atoms with Crippen molar-refractivity contribution >= 4 is 33.6 Å². The fraction of sp³-hybridized carbons (Fsp3) is 0.316. The second-order valence-electron chi connectivity index (χ2n) is 6.06. The highest BCUT2D eigenvalue weighted by molar-refractivity contribution is 9.10. The fourth-order valence-electron chi connectivity index (χ4n) is 2.31. The number of nitrogens with two attached hydrogens (primary N) is 1. The van der Waals surface area contributed by atoms with Crippen LogP contribution in [0.1, 0.15) is 16.6 Å². The number of halogens is 1. The second kappa shape index (κ2) is 11.6. The van der Waals surface area contributed by atoms with E-state index >= 15 is 0 Å². The minimum absolute atomic E-state index is 0.0648. The molecule has 3 aromatic rings. The van der Waals surface area contributed by atoms with Crippen LogP contribution in [0.5, 0.6) is 5.88 Å². The molecule has 0 fully saturated rings. The van der Waals surface area contributed by atoms with Crippen molar-refractivity contribution in [2.45, 2.75) is 19.5 Å². The van der Waals surface area contributed by atoms with Crippen molar-refractivity contribution in [2.75, 3.05) is 20.8 Å². The molecule has 0 bridgehead atoms. The molecule has 9 nitrogen and oxygen atoms in total. The molecular weight excluding hydrogens is 474 g/mol. The van der Waals surface area contributed by atoms with E-state index in [2.05, 4.69) is 35.8 Å². The molecule has 0 aliphatic carbocycles. The van der Waals surface area contributed by atoms with Crippen molar-refractivity contribution in [3.8, 4) is 16.5 Å². The largest absolute Gasteiger partial charge is 0.475 e. The molecule has 0 amide bonds. The highest BCUT2D eigenvalue weighted by Crippen LogP contribution is 2.25. The van der Waals surface area contributed by atoms with Gasteiger partial charge in [0.25, 0.3) is 5.56 Å². The number of aldehydes is 1. The molecule has 0 aliphatic heterocycles. The Kier molecular flexibility index (Phi) is 9.24. The maximum Gasteiger partial charge on any atom is 0.271 e. The Labute approximate surface area is 186 Å². The van der Waals surface area contributed by atoms with Gasteiger partial charge in [-0.25, -0.2) is 4.98 Å². The van der Waals surface area contributed by atoms with Crippen molar-refractivity contribution in [2.24, 2.45) is 5.73 Å². The number of carbonyl (C=O) groups is 1. The summed E-state index contributed by atoms with van der Waals surface area (Å²) in [5, 5.41) is 9.90. The molecule has 1 unspecified atom stereocenters. The molecule has 1 atom stereocenters. The quantitative estimate of drug-likeness (QED) is 0.495. The Hall–Kier alpha value is -2.47. The number of nitrogens with zero attached hydrogens (tertiary/aromatic N) is 4. The Morgan fingerprint density at radius 1 is 1.27 bits per heavy atom. The second-order valence-corrected chi connectivity index (χ2v) is 8.04. The van der Waals surface area contributed by atoms with E-state index in [1.807, 2.05) is 31.2 Å². The molecule has 3 rings (SSSR count). The van der Waals surface area contributed by atoms with E-state index in [1.165, 1.54) is 22.2 Å². The predicted octanol–water partition coefficient (Wildman–Crippen LogP) is 2.37. The number of benzene rings is 1. The van der Waals surface area contributed by atoms with Crippen molar-refractivity contribution in [1.82, 2.24) is 19.7 Å². The van der Waals surface area contributed by atoms with Gasteiger partial charge in [0.15, 0.2) is 0 Å². The first-order valence-corrected chi connectivity index (χ1v) is 10.4. The molecule has 1 aromatic carbocycles. The van der Waals surface area contributed by atoms with E-state index in [1.54, 1.807) is 14.2 Å². The highest BCUT2D eigenvalue weighted by Gasteiger charge is 2.14. The number of rotatable bonds is 7. The summed E-state index contributed by atoms with van der Waals surface area (Å²) in [4.78, 5) is 26.7. The monoisotopic (exact) mass is 495 g/mol. The van der Waals surface area contributed by atoms with Gasteiger partial charge in [-0.3, -0.25) is 9.36 Å². The van der Waals surface area contributed by atoms with Gasteiger partial charge in [0.2, 0.25) is 5.88 Å². The number of hydrogen-bond donors (Lipinski definition) is 1. The van der Waals surface area contributed by atoms with E-state index in [0.717, 1.165) is 21.1 Å². The summed E-state index contributed by atoms with van der Waals surface area (Å²) in [6.45, 7) is 1.98. The van der Waals surface area contributed by atoms with Gasteiger partial charge < -0.3 is 20.0 Å². The zero-order valence-electron chi connectivity index (χ0n) is 16.7. The van der Waals surface area contributed by atoms with Crippen LogP contribution in [0.2, 0.25) is 0 Å². The summed E-state index contributed by atoms with van der Waals surface area (Å²) in [6, 6.07) is 7.28. The zero-order valence-corrected chi connectivity index (χ0v) is 19.1. The molecule has 2 N–H and O–H groups in total. The number of hydrogen-bond acceptors (Lipinski definition) is 9. The third-order valence-electron chi connectivity index (χ3n) is 3.73. The van der Waals surface area contributed by atoms with Gasteiger partial charge in [-0.1, -0.05) is 35.6 Å². The maximum absolute atomic E-state index is 12.1. The van der Waals surface area contributed by atoms with Crippen LogP contribution in [-0.2, 0) is 16.1 Å². The smallest absolute Gasteiger partial charge is 0.271 e. The van der Waals surface area contributed by atoms with Gasteiger partial charge in [-0.15, -0.1) is 10.2 Å². The Bertz CT molecular complexity index is 1020. The minimum atomic E-state index is -0.402. The summed E-state index contributed by atoms with van der Waals surface area (Å²) in [6.07, 6.45) is 1.89. The summed E-state index contributed by atoms with van der Waals surface area (Å²) in [5.41, 5.74) is 7.64.